The van der Waals surface area contributed by atoms with Crippen molar-refractivity contribution in [1.82, 2.24) is 9.78 Å². The summed E-state index contributed by atoms with van der Waals surface area (Å²) in [4.78, 5) is 0. The summed E-state index contributed by atoms with van der Waals surface area (Å²) < 4.78 is 1.83. The summed E-state index contributed by atoms with van der Waals surface area (Å²) in [5.74, 6) is 0.255. The van der Waals surface area contributed by atoms with E-state index < -0.39 is 0 Å². The second-order valence-electron chi connectivity index (χ2n) is 6.91. The number of benzene rings is 2. The zero-order chi connectivity index (χ0) is 16.6. The molecular formula is C20H22N2O. The predicted octanol–water partition coefficient (Wildman–Crippen LogP) is 4.85. The molecule has 23 heavy (non-hydrogen) atoms. The Balaban J connectivity index is 2.28. The zero-order valence-electron chi connectivity index (χ0n) is 14.0. The Kier molecular flexibility index (Phi) is 3.72. The van der Waals surface area contributed by atoms with Gasteiger partial charge in [0.25, 0.3) is 0 Å². The van der Waals surface area contributed by atoms with Crippen LogP contribution in [-0.4, -0.2) is 14.9 Å². The average molecular weight is 306 g/mol. The molecule has 0 fully saturated rings. The monoisotopic (exact) mass is 306 g/mol. The van der Waals surface area contributed by atoms with Crippen LogP contribution in [0.1, 0.15) is 32.0 Å². The molecule has 0 radical (unpaired) electrons. The van der Waals surface area contributed by atoms with Crippen molar-refractivity contribution >= 4 is 0 Å². The van der Waals surface area contributed by atoms with E-state index >= 15 is 0 Å². The molecular weight excluding hydrogens is 284 g/mol. The van der Waals surface area contributed by atoms with E-state index in [0.717, 1.165) is 16.9 Å². The highest BCUT2D eigenvalue weighted by molar-refractivity contribution is 5.70. The van der Waals surface area contributed by atoms with Crippen molar-refractivity contribution in [1.29, 1.82) is 0 Å². The van der Waals surface area contributed by atoms with Crippen molar-refractivity contribution in [3.63, 3.8) is 0 Å². The lowest BCUT2D eigenvalue weighted by atomic mass is 9.91. The van der Waals surface area contributed by atoms with Crippen molar-refractivity contribution in [3.8, 4) is 22.7 Å². The molecule has 0 bridgehead atoms. The van der Waals surface area contributed by atoms with Crippen LogP contribution in [-0.2, 0) is 5.41 Å². The van der Waals surface area contributed by atoms with Gasteiger partial charge in [-0.1, -0.05) is 68.8 Å². The summed E-state index contributed by atoms with van der Waals surface area (Å²) in [5.41, 5.74) is 4.30. The molecule has 0 aliphatic heterocycles. The molecule has 1 aromatic heterocycles. The van der Waals surface area contributed by atoms with Gasteiger partial charge >= 0.3 is 0 Å². The molecule has 0 amide bonds. The van der Waals surface area contributed by atoms with Crippen LogP contribution in [0.3, 0.4) is 0 Å². The first-order valence-corrected chi connectivity index (χ1v) is 7.83. The first kappa shape index (κ1) is 15.3. The summed E-state index contributed by atoms with van der Waals surface area (Å²) in [5, 5.41) is 15.6. The molecule has 3 aromatic rings. The number of para-hydroxylation sites is 1. The smallest absolute Gasteiger partial charge is 0.166 e. The Bertz CT molecular complexity index is 809. The van der Waals surface area contributed by atoms with Crippen LogP contribution >= 0.6 is 0 Å². The van der Waals surface area contributed by atoms with Crippen molar-refractivity contribution in [3.05, 3.63) is 65.9 Å². The normalized spacial score (nSPS) is 11.7. The summed E-state index contributed by atoms with van der Waals surface area (Å²) >= 11 is 0. The molecule has 118 valence electrons. The highest BCUT2D eigenvalue weighted by Crippen LogP contribution is 2.39. The molecule has 0 aliphatic carbocycles. The van der Waals surface area contributed by atoms with Crippen LogP contribution < -0.4 is 0 Å². The summed E-state index contributed by atoms with van der Waals surface area (Å²) in [6, 6.07) is 18.1. The SMILES string of the molecule is Cc1ccc(-c2c(O)c(C(C)(C)C)nn2-c2ccccc2)cc1. The number of nitrogens with zero attached hydrogens (tertiary/aromatic N) is 2. The van der Waals surface area contributed by atoms with Gasteiger partial charge in [0.05, 0.1) is 5.69 Å². The Morgan fingerprint density at radius 3 is 2.09 bits per heavy atom. The van der Waals surface area contributed by atoms with Crippen molar-refractivity contribution in [2.24, 2.45) is 0 Å². The van der Waals surface area contributed by atoms with Crippen LogP contribution in [0.4, 0.5) is 0 Å². The van der Waals surface area contributed by atoms with Crippen molar-refractivity contribution in [2.45, 2.75) is 33.1 Å². The van der Waals surface area contributed by atoms with Gasteiger partial charge in [0.15, 0.2) is 5.75 Å². The molecule has 3 nitrogen and oxygen atoms in total. The van der Waals surface area contributed by atoms with Gasteiger partial charge in [0, 0.05) is 11.0 Å². The molecule has 0 atom stereocenters. The Morgan fingerprint density at radius 2 is 1.52 bits per heavy atom. The average Bonchev–Trinajstić information content (AvgIpc) is 2.87. The highest BCUT2D eigenvalue weighted by Gasteiger charge is 2.27. The van der Waals surface area contributed by atoms with Gasteiger partial charge in [-0.15, -0.1) is 0 Å². The van der Waals surface area contributed by atoms with Crippen LogP contribution in [0.25, 0.3) is 16.9 Å². The molecule has 1 heterocycles. The maximum Gasteiger partial charge on any atom is 0.166 e. The van der Waals surface area contributed by atoms with Crippen LogP contribution in [0.15, 0.2) is 54.6 Å². The second kappa shape index (κ2) is 5.58. The van der Waals surface area contributed by atoms with Gasteiger partial charge < -0.3 is 5.11 Å². The first-order chi connectivity index (χ1) is 10.9. The van der Waals surface area contributed by atoms with Gasteiger partial charge in [-0.05, 0) is 19.1 Å². The molecule has 0 saturated heterocycles. The lowest BCUT2D eigenvalue weighted by molar-refractivity contribution is 0.445. The fourth-order valence-electron chi connectivity index (χ4n) is 2.64. The highest BCUT2D eigenvalue weighted by atomic mass is 16.3. The molecule has 3 rings (SSSR count). The number of aromatic nitrogens is 2. The minimum Gasteiger partial charge on any atom is -0.504 e. The van der Waals surface area contributed by atoms with Crippen LogP contribution in [0.2, 0.25) is 0 Å². The Morgan fingerprint density at radius 1 is 0.913 bits per heavy atom. The van der Waals surface area contributed by atoms with Gasteiger partial charge in [0.1, 0.15) is 11.4 Å². The summed E-state index contributed by atoms with van der Waals surface area (Å²) in [6.07, 6.45) is 0. The third-order valence-electron chi connectivity index (χ3n) is 3.90. The maximum atomic E-state index is 10.8. The Labute approximate surface area is 137 Å². The molecule has 2 aromatic carbocycles. The second-order valence-corrected chi connectivity index (χ2v) is 6.91. The van der Waals surface area contributed by atoms with E-state index in [1.165, 1.54) is 5.56 Å². The van der Waals surface area contributed by atoms with E-state index in [9.17, 15) is 5.11 Å². The molecule has 3 heteroatoms. The number of hydrogen-bond donors (Lipinski definition) is 1. The number of rotatable bonds is 2. The molecule has 0 saturated carbocycles. The predicted molar refractivity (Wildman–Crippen MR) is 94.1 cm³/mol. The lowest BCUT2D eigenvalue weighted by Crippen LogP contribution is -2.12. The third-order valence-corrected chi connectivity index (χ3v) is 3.90. The van der Waals surface area contributed by atoms with Crippen LogP contribution in [0, 0.1) is 6.92 Å². The fourth-order valence-corrected chi connectivity index (χ4v) is 2.64. The Hall–Kier alpha value is -2.55. The topological polar surface area (TPSA) is 38.1 Å². The molecule has 0 spiro atoms. The lowest BCUT2D eigenvalue weighted by Gasteiger charge is -2.15. The molecule has 1 N–H and O–H groups in total. The fraction of sp³-hybridized carbons (Fsp3) is 0.250. The van der Waals surface area contributed by atoms with Gasteiger partial charge in [-0.3, -0.25) is 0 Å². The standard InChI is InChI=1S/C20H22N2O/c1-14-10-12-15(13-11-14)17-18(23)19(20(2,3)4)21-22(17)16-8-6-5-7-9-16/h5-13,23H,1-4H3. The zero-order valence-corrected chi connectivity index (χ0v) is 14.0. The number of aryl methyl sites for hydroxylation is 1. The van der Waals surface area contributed by atoms with E-state index in [1.807, 2.05) is 59.3 Å². The minimum absolute atomic E-state index is 0.233. The van der Waals surface area contributed by atoms with Crippen molar-refractivity contribution in [2.75, 3.05) is 0 Å². The maximum absolute atomic E-state index is 10.8. The molecule has 0 unspecified atom stereocenters. The quantitative estimate of drug-likeness (QED) is 0.735. The van der Waals surface area contributed by atoms with E-state index in [2.05, 4.69) is 27.7 Å². The number of hydrogen-bond acceptors (Lipinski definition) is 2. The van der Waals surface area contributed by atoms with Crippen molar-refractivity contribution < 1.29 is 5.11 Å². The van der Waals surface area contributed by atoms with E-state index in [-0.39, 0.29) is 11.2 Å². The third kappa shape index (κ3) is 2.87. The van der Waals surface area contributed by atoms with E-state index in [1.54, 1.807) is 0 Å². The summed E-state index contributed by atoms with van der Waals surface area (Å²) in [6.45, 7) is 8.23. The van der Waals surface area contributed by atoms with E-state index in [4.69, 9.17) is 5.10 Å². The molecule has 0 aliphatic rings. The largest absolute Gasteiger partial charge is 0.504 e. The minimum atomic E-state index is -0.233. The van der Waals surface area contributed by atoms with Gasteiger partial charge in [0.2, 0.25) is 0 Å². The van der Waals surface area contributed by atoms with E-state index in [0.29, 0.717) is 5.69 Å². The van der Waals surface area contributed by atoms with Gasteiger partial charge in [-0.25, -0.2) is 4.68 Å². The number of aromatic hydroxyl groups is 1. The first-order valence-electron chi connectivity index (χ1n) is 7.83. The van der Waals surface area contributed by atoms with Gasteiger partial charge in [-0.2, -0.15) is 5.10 Å². The van der Waals surface area contributed by atoms with Crippen LogP contribution in [0.5, 0.6) is 5.75 Å². The summed E-state index contributed by atoms with van der Waals surface area (Å²) in [7, 11) is 0.